The highest BCUT2D eigenvalue weighted by Crippen LogP contribution is 2.19. The minimum Gasteiger partial charge on any atom is -0.332 e. The molecule has 7 nitrogen and oxygen atoms in total. The molecular weight excluding hydrogens is 433 g/mol. The Bertz CT molecular complexity index is 989. The molecule has 0 aliphatic heterocycles. The first kappa shape index (κ1) is 21.1. The van der Waals surface area contributed by atoms with Gasteiger partial charge in [0, 0.05) is 28.2 Å². The van der Waals surface area contributed by atoms with Crippen molar-refractivity contribution in [2.75, 3.05) is 5.32 Å². The monoisotopic (exact) mass is 445 g/mol. The minimum absolute atomic E-state index is 0.00596. The average molecular weight is 446 g/mol. The van der Waals surface area contributed by atoms with Gasteiger partial charge in [-0.05, 0) is 54.7 Å². The first-order chi connectivity index (χ1) is 12.6. The molecule has 0 bridgehead atoms. The number of benzene rings is 2. The van der Waals surface area contributed by atoms with Gasteiger partial charge in [0.05, 0.1) is 4.90 Å². The highest BCUT2D eigenvalue weighted by molar-refractivity contribution is 7.90. The van der Waals surface area contributed by atoms with Crippen molar-refractivity contribution in [2.24, 2.45) is 0 Å². The molecule has 3 N–H and O–H groups in total. The van der Waals surface area contributed by atoms with Crippen LogP contribution in [0.1, 0.15) is 17.3 Å². The van der Waals surface area contributed by atoms with Crippen LogP contribution in [0, 0.1) is 0 Å². The van der Waals surface area contributed by atoms with Gasteiger partial charge in [-0.3, -0.25) is 14.9 Å². The van der Waals surface area contributed by atoms with Crippen LogP contribution in [0.4, 0.5) is 5.69 Å². The molecule has 2 amide bonds. The molecule has 0 spiro atoms. The predicted octanol–water partition coefficient (Wildman–Crippen LogP) is 2.95. The van der Waals surface area contributed by atoms with E-state index in [9.17, 15) is 18.0 Å². The molecular formula is C16H13Cl2N3O4S2. The molecule has 142 valence electrons. The summed E-state index contributed by atoms with van der Waals surface area (Å²) in [7, 11) is -3.92. The highest BCUT2D eigenvalue weighted by atomic mass is 35.5. The number of amides is 2. The lowest BCUT2D eigenvalue weighted by Gasteiger charge is -2.11. The number of halogens is 2. The van der Waals surface area contributed by atoms with E-state index >= 15 is 0 Å². The molecule has 0 aliphatic rings. The maximum Gasteiger partial charge on any atom is 0.264 e. The normalized spacial score (nSPS) is 10.8. The summed E-state index contributed by atoms with van der Waals surface area (Å²) in [5, 5.41) is 5.81. The van der Waals surface area contributed by atoms with Crippen LogP contribution in [0.15, 0.2) is 47.4 Å². The molecule has 2 aromatic rings. The number of rotatable bonds is 4. The van der Waals surface area contributed by atoms with E-state index in [1.807, 2.05) is 4.72 Å². The van der Waals surface area contributed by atoms with Crippen molar-refractivity contribution in [1.82, 2.24) is 10.0 Å². The fourth-order valence-corrected chi connectivity index (χ4v) is 3.72. The molecule has 0 unspecified atom stereocenters. The maximum absolute atomic E-state index is 12.2. The van der Waals surface area contributed by atoms with Gasteiger partial charge in [0.15, 0.2) is 5.11 Å². The number of hydrogen-bond acceptors (Lipinski definition) is 5. The van der Waals surface area contributed by atoms with Crippen LogP contribution in [0.3, 0.4) is 0 Å². The second-order valence-electron chi connectivity index (χ2n) is 5.25. The Kier molecular flexibility index (Phi) is 6.77. The summed E-state index contributed by atoms with van der Waals surface area (Å²) in [5.74, 6) is -1.20. The van der Waals surface area contributed by atoms with Crippen molar-refractivity contribution in [3.8, 4) is 0 Å². The summed E-state index contributed by atoms with van der Waals surface area (Å²) in [6.07, 6.45) is 0. The first-order valence-corrected chi connectivity index (χ1v) is 9.93. The number of thiocarbonyl (C=S) groups is 1. The molecule has 11 heteroatoms. The smallest absolute Gasteiger partial charge is 0.264 e. The average Bonchev–Trinajstić information content (AvgIpc) is 2.53. The van der Waals surface area contributed by atoms with Gasteiger partial charge in [-0.15, -0.1) is 0 Å². The van der Waals surface area contributed by atoms with Gasteiger partial charge in [-0.1, -0.05) is 23.2 Å². The first-order valence-electron chi connectivity index (χ1n) is 7.29. The second kappa shape index (κ2) is 8.66. The Morgan fingerprint density at radius 1 is 1.00 bits per heavy atom. The van der Waals surface area contributed by atoms with Crippen molar-refractivity contribution >= 4 is 68.1 Å². The standard InChI is InChI=1S/C16H13Cl2N3O4S2/c1-9(22)21-27(24,25)14-4-2-13(3-5-14)19-16(26)20-15(23)10-6-11(17)8-12(18)7-10/h2-8H,1H3,(H,21,22)(H2,19,20,23,26). The van der Waals surface area contributed by atoms with Gasteiger partial charge in [0.25, 0.3) is 15.9 Å². The Morgan fingerprint density at radius 2 is 1.56 bits per heavy atom. The minimum atomic E-state index is -3.92. The summed E-state index contributed by atoms with van der Waals surface area (Å²) >= 11 is 16.8. The van der Waals surface area contributed by atoms with Crippen LogP contribution >= 0.6 is 35.4 Å². The van der Waals surface area contributed by atoms with Crippen LogP contribution in [0.25, 0.3) is 0 Å². The zero-order valence-electron chi connectivity index (χ0n) is 13.7. The Balaban J connectivity index is 2.03. The van der Waals surface area contributed by atoms with Crippen molar-refractivity contribution in [1.29, 1.82) is 0 Å². The molecule has 0 saturated carbocycles. The number of hydrogen-bond donors (Lipinski definition) is 3. The molecule has 2 aromatic carbocycles. The van der Waals surface area contributed by atoms with Crippen LogP contribution in [-0.4, -0.2) is 25.3 Å². The van der Waals surface area contributed by atoms with Crippen LogP contribution < -0.4 is 15.4 Å². The van der Waals surface area contributed by atoms with E-state index in [0.29, 0.717) is 15.7 Å². The maximum atomic E-state index is 12.2. The Labute approximate surface area is 171 Å². The van der Waals surface area contributed by atoms with E-state index in [1.165, 1.54) is 42.5 Å². The fourth-order valence-electron chi connectivity index (χ4n) is 1.99. The second-order valence-corrected chi connectivity index (χ2v) is 8.22. The van der Waals surface area contributed by atoms with Gasteiger partial charge in [0.2, 0.25) is 5.91 Å². The van der Waals surface area contributed by atoms with Gasteiger partial charge in [0.1, 0.15) is 0 Å². The number of carbonyl (C=O) groups is 2. The zero-order chi connectivity index (χ0) is 20.2. The van der Waals surface area contributed by atoms with Gasteiger partial charge >= 0.3 is 0 Å². The van der Waals surface area contributed by atoms with Gasteiger partial charge < -0.3 is 5.32 Å². The molecule has 0 saturated heterocycles. The third kappa shape index (κ3) is 6.17. The lowest BCUT2D eigenvalue weighted by atomic mass is 10.2. The SMILES string of the molecule is CC(=O)NS(=O)(=O)c1ccc(NC(=S)NC(=O)c2cc(Cl)cc(Cl)c2)cc1. The number of carbonyl (C=O) groups excluding carboxylic acids is 2. The number of anilines is 1. The summed E-state index contributed by atoms with van der Waals surface area (Å²) in [4.78, 5) is 23.0. The van der Waals surface area contributed by atoms with E-state index in [-0.39, 0.29) is 15.6 Å². The van der Waals surface area contributed by atoms with Crippen molar-refractivity contribution in [3.63, 3.8) is 0 Å². The van der Waals surface area contributed by atoms with Crippen LogP contribution in [0.5, 0.6) is 0 Å². The highest BCUT2D eigenvalue weighted by Gasteiger charge is 2.15. The zero-order valence-corrected chi connectivity index (χ0v) is 16.9. The Morgan fingerprint density at radius 3 is 2.07 bits per heavy atom. The van der Waals surface area contributed by atoms with Crippen molar-refractivity contribution < 1.29 is 18.0 Å². The lowest BCUT2D eigenvalue weighted by Crippen LogP contribution is -2.34. The summed E-state index contributed by atoms with van der Waals surface area (Å²) in [5.41, 5.74) is 0.666. The third-order valence-corrected chi connectivity index (χ3v) is 5.14. The van der Waals surface area contributed by atoms with E-state index < -0.39 is 21.8 Å². The Hall–Kier alpha value is -2.20. The molecule has 0 atom stereocenters. The summed E-state index contributed by atoms with van der Waals surface area (Å²) < 4.78 is 25.6. The van der Waals surface area contributed by atoms with Crippen molar-refractivity contribution in [3.05, 3.63) is 58.1 Å². The molecule has 0 aromatic heterocycles. The lowest BCUT2D eigenvalue weighted by molar-refractivity contribution is -0.117. The van der Waals surface area contributed by atoms with E-state index in [2.05, 4.69) is 10.6 Å². The largest absolute Gasteiger partial charge is 0.332 e. The predicted molar refractivity (Wildman–Crippen MR) is 108 cm³/mol. The molecule has 0 radical (unpaired) electrons. The summed E-state index contributed by atoms with van der Waals surface area (Å²) in [6.45, 7) is 1.10. The number of sulfonamides is 1. The molecule has 0 heterocycles. The van der Waals surface area contributed by atoms with Crippen LogP contribution in [0.2, 0.25) is 10.0 Å². The summed E-state index contributed by atoms with van der Waals surface area (Å²) in [6, 6.07) is 9.81. The fraction of sp³-hybridized carbons (Fsp3) is 0.0625. The molecule has 27 heavy (non-hydrogen) atoms. The van der Waals surface area contributed by atoms with Crippen LogP contribution in [-0.2, 0) is 14.8 Å². The van der Waals surface area contributed by atoms with E-state index in [4.69, 9.17) is 35.4 Å². The molecule has 0 aliphatic carbocycles. The molecule has 0 fully saturated rings. The van der Waals surface area contributed by atoms with Gasteiger partial charge in [-0.25, -0.2) is 13.1 Å². The van der Waals surface area contributed by atoms with Gasteiger partial charge in [-0.2, -0.15) is 0 Å². The quantitative estimate of drug-likeness (QED) is 0.624. The van der Waals surface area contributed by atoms with E-state index in [0.717, 1.165) is 6.92 Å². The third-order valence-electron chi connectivity index (χ3n) is 3.05. The number of nitrogens with one attached hydrogen (secondary N) is 3. The van der Waals surface area contributed by atoms with Crippen molar-refractivity contribution in [2.45, 2.75) is 11.8 Å². The van der Waals surface area contributed by atoms with E-state index in [1.54, 1.807) is 0 Å². The topological polar surface area (TPSA) is 104 Å². The molecule has 2 rings (SSSR count).